The maximum absolute atomic E-state index is 12.6. The number of hydrogen-bond acceptors (Lipinski definition) is 5. The van der Waals surface area contributed by atoms with Crippen LogP contribution in [0.1, 0.15) is 17.7 Å². The molecule has 174 valence electrons. The standard InChI is InChI=1S/C28H25N5OS/c29-25-14-12-23(27-7-4-16-35-27)17-26(25)30-28(34)15-13-24-19-33(32-31-24)18-20-8-10-22(11-9-20)21-5-2-1-3-6-21/h1-12,14,16-17,19H,13,15,18,29H2,(H,30,34). The van der Waals surface area contributed by atoms with Crippen LogP contribution in [-0.4, -0.2) is 20.9 Å². The molecule has 6 nitrogen and oxygen atoms in total. The molecule has 0 saturated carbocycles. The molecular weight excluding hydrogens is 454 g/mol. The Kier molecular flexibility index (Phi) is 6.68. The van der Waals surface area contributed by atoms with Gasteiger partial charge in [0.25, 0.3) is 0 Å². The monoisotopic (exact) mass is 479 g/mol. The smallest absolute Gasteiger partial charge is 0.224 e. The number of aryl methyl sites for hydroxylation is 1. The second kappa shape index (κ2) is 10.4. The summed E-state index contributed by atoms with van der Waals surface area (Å²) in [5, 5.41) is 13.4. The Balaban J connectivity index is 1.16. The lowest BCUT2D eigenvalue weighted by atomic mass is 10.0. The van der Waals surface area contributed by atoms with Crippen LogP contribution in [0.25, 0.3) is 21.6 Å². The summed E-state index contributed by atoms with van der Waals surface area (Å²) in [6.45, 7) is 0.625. The van der Waals surface area contributed by atoms with Gasteiger partial charge in [0.2, 0.25) is 5.91 Å². The fourth-order valence-corrected chi connectivity index (χ4v) is 4.59. The van der Waals surface area contributed by atoms with Gasteiger partial charge in [0, 0.05) is 23.9 Å². The Bertz CT molecular complexity index is 1410. The van der Waals surface area contributed by atoms with Crippen LogP contribution in [0.2, 0.25) is 0 Å². The molecule has 0 aliphatic carbocycles. The van der Waals surface area contributed by atoms with E-state index in [1.165, 1.54) is 11.1 Å². The lowest BCUT2D eigenvalue weighted by Crippen LogP contribution is -2.13. The molecule has 5 aromatic rings. The average molecular weight is 480 g/mol. The summed E-state index contributed by atoms with van der Waals surface area (Å²) in [6.07, 6.45) is 2.70. The van der Waals surface area contributed by atoms with Crippen LogP contribution in [0.15, 0.2) is 96.5 Å². The number of nitrogens with two attached hydrogens (primary N) is 1. The minimum atomic E-state index is -0.105. The molecule has 3 N–H and O–H groups in total. The molecule has 0 unspecified atom stereocenters. The Labute approximate surface area is 208 Å². The van der Waals surface area contributed by atoms with Crippen LogP contribution in [0.5, 0.6) is 0 Å². The number of thiophene rings is 1. The summed E-state index contributed by atoms with van der Waals surface area (Å²) < 4.78 is 1.80. The fourth-order valence-electron chi connectivity index (χ4n) is 3.87. The summed E-state index contributed by atoms with van der Waals surface area (Å²) in [5.74, 6) is -0.105. The largest absolute Gasteiger partial charge is 0.397 e. The van der Waals surface area contributed by atoms with Crippen molar-refractivity contribution in [2.24, 2.45) is 0 Å². The van der Waals surface area contributed by atoms with Crippen LogP contribution >= 0.6 is 11.3 Å². The zero-order valence-corrected chi connectivity index (χ0v) is 19.9. The second-order valence-electron chi connectivity index (χ2n) is 8.30. The van der Waals surface area contributed by atoms with Gasteiger partial charge < -0.3 is 11.1 Å². The molecule has 35 heavy (non-hydrogen) atoms. The topological polar surface area (TPSA) is 85.8 Å². The minimum Gasteiger partial charge on any atom is -0.397 e. The molecule has 0 aliphatic rings. The van der Waals surface area contributed by atoms with E-state index in [-0.39, 0.29) is 5.91 Å². The third-order valence-corrected chi connectivity index (χ3v) is 6.65. The van der Waals surface area contributed by atoms with Crippen molar-refractivity contribution in [3.05, 3.63) is 108 Å². The Morgan fingerprint density at radius 1 is 0.914 bits per heavy atom. The average Bonchev–Trinajstić information content (AvgIpc) is 3.58. The first kappa shape index (κ1) is 22.6. The number of benzene rings is 3. The molecule has 0 fully saturated rings. The predicted molar refractivity (Wildman–Crippen MR) is 142 cm³/mol. The second-order valence-corrected chi connectivity index (χ2v) is 9.25. The lowest BCUT2D eigenvalue weighted by Gasteiger charge is -2.09. The van der Waals surface area contributed by atoms with Crippen molar-refractivity contribution >= 4 is 28.6 Å². The Hall–Kier alpha value is -4.23. The van der Waals surface area contributed by atoms with Crippen LogP contribution < -0.4 is 11.1 Å². The van der Waals surface area contributed by atoms with Gasteiger partial charge in [-0.1, -0.05) is 71.9 Å². The van der Waals surface area contributed by atoms with E-state index < -0.39 is 0 Å². The molecule has 2 aromatic heterocycles. The van der Waals surface area contributed by atoms with Crippen molar-refractivity contribution in [3.63, 3.8) is 0 Å². The van der Waals surface area contributed by atoms with Crippen molar-refractivity contribution in [1.29, 1.82) is 0 Å². The summed E-state index contributed by atoms with van der Waals surface area (Å²) in [4.78, 5) is 13.7. The van der Waals surface area contributed by atoms with Gasteiger partial charge in [-0.15, -0.1) is 16.4 Å². The molecule has 2 heterocycles. The zero-order valence-electron chi connectivity index (χ0n) is 19.1. The molecule has 0 radical (unpaired) electrons. The number of aromatic nitrogens is 3. The van der Waals surface area contributed by atoms with Crippen LogP contribution in [0, 0.1) is 0 Å². The molecule has 0 bridgehead atoms. The number of rotatable bonds is 8. The Morgan fingerprint density at radius 2 is 1.69 bits per heavy atom. The molecule has 0 aliphatic heterocycles. The van der Waals surface area contributed by atoms with Crippen molar-refractivity contribution < 1.29 is 4.79 Å². The maximum Gasteiger partial charge on any atom is 0.224 e. The molecule has 7 heteroatoms. The highest BCUT2D eigenvalue weighted by atomic mass is 32.1. The first-order chi connectivity index (χ1) is 17.1. The van der Waals surface area contributed by atoms with Crippen LogP contribution in [-0.2, 0) is 17.8 Å². The SMILES string of the molecule is Nc1ccc(-c2cccs2)cc1NC(=O)CCc1cn(Cc2ccc(-c3ccccc3)cc2)nn1. The van der Waals surface area contributed by atoms with E-state index >= 15 is 0 Å². The quantitative estimate of drug-likeness (QED) is 0.272. The van der Waals surface area contributed by atoms with Crippen LogP contribution in [0.4, 0.5) is 11.4 Å². The fraction of sp³-hybridized carbons (Fsp3) is 0.107. The zero-order chi connectivity index (χ0) is 24.0. The summed E-state index contributed by atoms with van der Waals surface area (Å²) >= 11 is 1.65. The van der Waals surface area contributed by atoms with E-state index in [2.05, 4.69) is 52.0 Å². The van der Waals surface area contributed by atoms with E-state index in [9.17, 15) is 4.79 Å². The number of nitrogen functional groups attached to an aromatic ring is 1. The van der Waals surface area contributed by atoms with Crippen molar-refractivity contribution in [2.75, 3.05) is 11.1 Å². The minimum absolute atomic E-state index is 0.105. The highest BCUT2D eigenvalue weighted by Crippen LogP contribution is 2.30. The molecule has 0 atom stereocenters. The summed E-state index contributed by atoms with van der Waals surface area (Å²) in [5.41, 5.74) is 12.6. The van der Waals surface area contributed by atoms with Gasteiger partial charge in [-0.05, 0) is 45.8 Å². The van der Waals surface area contributed by atoms with E-state index in [4.69, 9.17) is 5.73 Å². The predicted octanol–water partition coefficient (Wildman–Crippen LogP) is 5.88. The van der Waals surface area contributed by atoms with Crippen molar-refractivity contribution in [2.45, 2.75) is 19.4 Å². The van der Waals surface area contributed by atoms with E-state index in [0.29, 0.717) is 30.8 Å². The highest BCUT2D eigenvalue weighted by molar-refractivity contribution is 7.13. The van der Waals surface area contributed by atoms with Crippen LogP contribution in [0.3, 0.4) is 0 Å². The van der Waals surface area contributed by atoms with Gasteiger partial charge in [-0.3, -0.25) is 4.79 Å². The number of carbonyl (C=O) groups is 1. The van der Waals surface area contributed by atoms with Crippen molar-refractivity contribution in [1.82, 2.24) is 15.0 Å². The van der Waals surface area contributed by atoms with Gasteiger partial charge in [-0.2, -0.15) is 0 Å². The van der Waals surface area contributed by atoms with E-state index in [1.54, 1.807) is 16.0 Å². The van der Waals surface area contributed by atoms with E-state index in [1.807, 2.05) is 60.1 Å². The molecule has 0 spiro atoms. The van der Waals surface area contributed by atoms with Gasteiger partial charge in [-0.25, -0.2) is 4.68 Å². The number of hydrogen-bond donors (Lipinski definition) is 2. The summed E-state index contributed by atoms with van der Waals surface area (Å²) in [6, 6.07) is 28.5. The number of nitrogens with zero attached hydrogens (tertiary/aromatic N) is 3. The molecule has 5 rings (SSSR count). The van der Waals surface area contributed by atoms with E-state index in [0.717, 1.165) is 21.7 Å². The molecule has 1 amide bonds. The van der Waals surface area contributed by atoms with Crippen molar-refractivity contribution in [3.8, 4) is 21.6 Å². The lowest BCUT2D eigenvalue weighted by molar-refractivity contribution is -0.116. The Morgan fingerprint density at radius 3 is 2.46 bits per heavy atom. The van der Waals surface area contributed by atoms with Gasteiger partial charge in [0.1, 0.15) is 0 Å². The normalized spacial score (nSPS) is 10.9. The number of amides is 1. The number of nitrogens with one attached hydrogen (secondary N) is 1. The third kappa shape index (κ3) is 5.65. The van der Waals surface area contributed by atoms with Gasteiger partial charge >= 0.3 is 0 Å². The number of carbonyl (C=O) groups excluding carboxylic acids is 1. The summed E-state index contributed by atoms with van der Waals surface area (Å²) in [7, 11) is 0. The van der Waals surface area contributed by atoms with Gasteiger partial charge in [0.15, 0.2) is 0 Å². The molecule has 3 aromatic carbocycles. The third-order valence-electron chi connectivity index (χ3n) is 5.73. The first-order valence-electron chi connectivity index (χ1n) is 11.4. The highest BCUT2D eigenvalue weighted by Gasteiger charge is 2.10. The molecular formula is C28H25N5OS. The number of anilines is 2. The molecule has 0 saturated heterocycles. The van der Waals surface area contributed by atoms with Gasteiger partial charge in [0.05, 0.1) is 23.6 Å². The maximum atomic E-state index is 12.6. The first-order valence-corrected chi connectivity index (χ1v) is 12.3.